The standard InChI is InChI=1S/C37H43NO6/c1-8-10-24-15-25(16-30(43-7)34(24)44-21-22-11-13-23(14-12-22)35(41)42)31-32-26(17-36(3,4)19-28(32)39)38(9-2)27-18-37(5,6)20-29(40)33(27)31/h8,11-16,31H,1,9-10,17-21H2,2-7H3,(H,41,42). The van der Waals surface area contributed by atoms with E-state index in [0.29, 0.717) is 37.3 Å². The topological polar surface area (TPSA) is 93.1 Å². The van der Waals surface area contributed by atoms with E-state index in [-0.39, 0.29) is 34.6 Å². The fraction of sp³-hybridized carbons (Fsp3) is 0.432. The highest BCUT2D eigenvalue weighted by molar-refractivity contribution is 6.07. The normalized spacial score (nSPS) is 19.5. The van der Waals surface area contributed by atoms with Crippen LogP contribution in [-0.4, -0.2) is 41.2 Å². The van der Waals surface area contributed by atoms with Crippen LogP contribution in [0.2, 0.25) is 0 Å². The zero-order chi connectivity index (χ0) is 32.0. The fourth-order valence-corrected chi connectivity index (χ4v) is 7.13. The van der Waals surface area contributed by atoms with E-state index in [1.165, 1.54) is 0 Å². The molecule has 0 aromatic heterocycles. The number of allylic oxidation sites excluding steroid dienone is 5. The van der Waals surface area contributed by atoms with Crippen molar-refractivity contribution in [1.29, 1.82) is 0 Å². The third kappa shape index (κ3) is 5.84. The Bertz CT molecular complexity index is 1540. The molecule has 7 nitrogen and oxygen atoms in total. The molecule has 0 bridgehead atoms. The highest BCUT2D eigenvalue weighted by atomic mass is 16.5. The van der Waals surface area contributed by atoms with E-state index in [1.54, 1.807) is 37.5 Å². The third-order valence-electron chi connectivity index (χ3n) is 8.99. The minimum atomic E-state index is -0.982. The summed E-state index contributed by atoms with van der Waals surface area (Å²) in [4.78, 5) is 41.6. The fourth-order valence-electron chi connectivity index (χ4n) is 7.13. The smallest absolute Gasteiger partial charge is 0.335 e. The molecule has 1 heterocycles. The van der Waals surface area contributed by atoms with Crippen molar-refractivity contribution in [2.45, 2.75) is 79.2 Å². The van der Waals surface area contributed by atoms with E-state index in [2.05, 4.69) is 46.1 Å². The van der Waals surface area contributed by atoms with Crippen molar-refractivity contribution in [2.24, 2.45) is 10.8 Å². The molecule has 0 saturated carbocycles. The van der Waals surface area contributed by atoms with Gasteiger partial charge in [-0.15, -0.1) is 6.58 Å². The number of Topliss-reactive ketones (excluding diaryl/α,β-unsaturated/α-hetero) is 2. The first kappa shape index (κ1) is 31.3. The van der Waals surface area contributed by atoms with Gasteiger partial charge < -0.3 is 19.5 Å². The number of ether oxygens (including phenoxy) is 2. The molecule has 5 rings (SSSR count). The Labute approximate surface area is 260 Å². The lowest BCUT2D eigenvalue weighted by Gasteiger charge is -2.49. The van der Waals surface area contributed by atoms with E-state index < -0.39 is 11.9 Å². The van der Waals surface area contributed by atoms with Crippen LogP contribution < -0.4 is 9.47 Å². The summed E-state index contributed by atoms with van der Waals surface area (Å²) < 4.78 is 12.2. The summed E-state index contributed by atoms with van der Waals surface area (Å²) in [7, 11) is 1.59. The van der Waals surface area contributed by atoms with Crippen molar-refractivity contribution in [3.8, 4) is 11.5 Å². The van der Waals surface area contributed by atoms with Crippen LogP contribution in [0.15, 0.2) is 71.6 Å². The molecule has 3 aliphatic rings. The first-order valence-corrected chi connectivity index (χ1v) is 15.4. The molecule has 2 aromatic rings. The van der Waals surface area contributed by atoms with Crippen LogP contribution in [0, 0.1) is 10.8 Å². The summed E-state index contributed by atoms with van der Waals surface area (Å²) in [5, 5.41) is 9.23. The molecule has 0 amide bonds. The Hall–Kier alpha value is -4.13. The highest BCUT2D eigenvalue weighted by Gasteiger charge is 2.48. The van der Waals surface area contributed by atoms with Crippen LogP contribution in [0.3, 0.4) is 0 Å². The molecule has 232 valence electrons. The predicted molar refractivity (Wildman–Crippen MR) is 170 cm³/mol. The van der Waals surface area contributed by atoms with Crippen molar-refractivity contribution in [2.75, 3.05) is 13.7 Å². The first-order chi connectivity index (χ1) is 20.8. The third-order valence-corrected chi connectivity index (χ3v) is 8.99. The minimum Gasteiger partial charge on any atom is -0.493 e. The van der Waals surface area contributed by atoms with E-state index in [9.17, 15) is 19.5 Å². The van der Waals surface area contributed by atoms with E-state index in [0.717, 1.165) is 52.1 Å². The summed E-state index contributed by atoms with van der Waals surface area (Å²) in [6.07, 6.45) is 4.68. The van der Waals surface area contributed by atoms with Crippen molar-refractivity contribution in [1.82, 2.24) is 4.90 Å². The van der Waals surface area contributed by atoms with Crippen molar-refractivity contribution in [3.05, 3.63) is 93.8 Å². The van der Waals surface area contributed by atoms with Crippen molar-refractivity contribution >= 4 is 17.5 Å². The molecule has 44 heavy (non-hydrogen) atoms. The molecular formula is C37H43NO6. The maximum Gasteiger partial charge on any atom is 0.335 e. The molecule has 0 spiro atoms. The summed E-state index contributed by atoms with van der Waals surface area (Å²) in [5.74, 6) is -0.207. The Morgan fingerprint density at radius 2 is 1.55 bits per heavy atom. The molecule has 1 N–H and O–H groups in total. The summed E-state index contributed by atoms with van der Waals surface area (Å²) >= 11 is 0. The van der Waals surface area contributed by atoms with Crippen molar-refractivity contribution in [3.63, 3.8) is 0 Å². The summed E-state index contributed by atoms with van der Waals surface area (Å²) in [6, 6.07) is 10.5. The number of hydrogen-bond donors (Lipinski definition) is 1. The molecule has 1 aliphatic heterocycles. The SMILES string of the molecule is C=CCc1cc(C2C3=C(CC(C)(C)CC3=O)N(CC)C3=C2C(=O)CC(C)(C)C3)cc(OC)c1OCc1ccc(C(=O)O)cc1. The van der Waals surface area contributed by atoms with Gasteiger partial charge in [0.1, 0.15) is 6.61 Å². The molecular weight excluding hydrogens is 554 g/mol. The molecule has 2 aliphatic carbocycles. The second kappa shape index (κ2) is 11.8. The zero-order valence-electron chi connectivity index (χ0n) is 26.7. The number of methoxy groups -OCH3 is 1. The number of carbonyl (C=O) groups excluding carboxylic acids is 2. The number of nitrogens with zero attached hydrogens (tertiary/aromatic N) is 1. The lowest BCUT2D eigenvalue weighted by atomic mass is 9.63. The molecule has 7 heteroatoms. The number of hydrogen-bond acceptors (Lipinski definition) is 6. The van der Waals surface area contributed by atoms with Gasteiger partial charge in [0, 0.05) is 53.4 Å². The number of carboxylic acid groups (broad SMARTS) is 1. The number of carbonyl (C=O) groups is 3. The number of carboxylic acids is 1. The largest absolute Gasteiger partial charge is 0.493 e. The number of rotatable bonds is 9. The quantitative estimate of drug-likeness (QED) is 0.301. The van der Waals surface area contributed by atoms with Gasteiger partial charge in [-0.25, -0.2) is 4.79 Å². The van der Waals surface area contributed by atoms with Crippen LogP contribution >= 0.6 is 0 Å². The second-order valence-electron chi connectivity index (χ2n) is 13.8. The van der Waals surface area contributed by atoms with Gasteiger partial charge in [0.2, 0.25) is 0 Å². The van der Waals surface area contributed by atoms with Gasteiger partial charge in [0.25, 0.3) is 0 Å². The van der Waals surface area contributed by atoms with E-state index >= 15 is 0 Å². The van der Waals surface area contributed by atoms with Crippen LogP contribution in [-0.2, 0) is 22.6 Å². The monoisotopic (exact) mass is 597 g/mol. The summed E-state index contributed by atoms with van der Waals surface area (Å²) in [5.41, 5.74) is 5.90. The lowest BCUT2D eigenvalue weighted by molar-refractivity contribution is -0.119. The van der Waals surface area contributed by atoms with Crippen LogP contribution in [0.5, 0.6) is 11.5 Å². The van der Waals surface area contributed by atoms with Gasteiger partial charge >= 0.3 is 5.97 Å². The maximum absolute atomic E-state index is 14.0. The van der Waals surface area contributed by atoms with Gasteiger partial charge in [-0.1, -0.05) is 52.0 Å². The highest BCUT2D eigenvalue weighted by Crippen LogP contribution is 2.55. The average molecular weight is 598 g/mol. The lowest BCUT2D eigenvalue weighted by Crippen LogP contribution is -2.44. The Balaban J connectivity index is 1.65. The van der Waals surface area contributed by atoms with Crippen LogP contribution in [0.1, 0.15) is 93.3 Å². The number of benzene rings is 2. The van der Waals surface area contributed by atoms with Crippen LogP contribution in [0.25, 0.3) is 0 Å². The molecule has 0 atom stereocenters. The van der Waals surface area contributed by atoms with E-state index in [4.69, 9.17) is 9.47 Å². The molecule has 0 radical (unpaired) electrons. The second-order valence-corrected chi connectivity index (χ2v) is 13.8. The first-order valence-electron chi connectivity index (χ1n) is 15.4. The zero-order valence-corrected chi connectivity index (χ0v) is 26.7. The maximum atomic E-state index is 14.0. The Morgan fingerprint density at radius 1 is 0.977 bits per heavy atom. The molecule has 0 saturated heterocycles. The molecule has 2 aromatic carbocycles. The average Bonchev–Trinajstić information content (AvgIpc) is 2.94. The van der Waals surface area contributed by atoms with E-state index in [1.807, 2.05) is 12.1 Å². The van der Waals surface area contributed by atoms with Gasteiger partial charge in [0.05, 0.1) is 12.7 Å². The summed E-state index contributed by atoms with van der Waals surface area (Å²) in [6.45, 7) is 15.5. The van der Waals surface area contributed by atoms with Gasteiger partial charge in [0.15, 0.2) is 23.1 Å². The molecule has 0 fully saturated rings. The van der Waals surface area contributed by atoms with Gasteiger partial charge in [-0.3, -0.25) is 9.59 Å². The predicted octanol–water partition coefficient (Wildman–Crippen LogP) is 7.41. The Morgan fingerprint density at radius 3 is 2.02 bits per heavy atom. The number of ketones is 2. The van der Waals surface area contributed by atoms with Crippen molar-refractivity contribution < 1.29 is 29.0 Å². The van der Waals surface area contributed by atoms with Gasteiger partial charge in [-0.05, 0) is 66.3 Å². The minimum absolute atomic E-state index is 0.0956. The number of aromatic carboxylic acids is 1. The molecule has 0 unspecified atom stereocenters. The Kier molecular flexibility index (Phi) is 8.36. The van der Waals surface area contributed by atoms with Gasteiger partial charge in [-0.2, -0.15) is 0 Å². The van der Waals surface area contributed by atoms with Crippen LogP contribution in [0.4, 0.5) is 0 Å².